The molecule has 108 valence electrons. The van der Waals surface area contributed by atoms with Crippen molar-refractivity contribution in [3.05, 3.63) is 47.9 Å². The van der Waals surface area contributed by atoms with Crippen LogP contribution in [0.15, 0.2) is 40.8 Å². The molecule has 4 heteroatoms. The van der Waals surface area contributed by atoms with Crippen molar-refractivity contribution in [3.8, 4) is 11.5 Å². The van der Waals surface area contributed by atoms with Gasteiger partial charge in [-0.05, 0) is 36.4 Å². The summed E-state index contributed by atoms with van der Waals surface area (Å²) in [6, 6.07) is 11.9. The van der Waals surface area contributed by atoms with Crippen molar-refractivity contribution in [2.75, 3.05) is 7.11 Å². The van der Waals surface area contributed by atoms with Crippen LogP contribution in [-0.4, -0.2) is 13.2 Å². The van der Waals surface area contributed by atoms with Gasteiger partial charge in [0.1, 0.15) is 29.6 Å². The van der Waals surface area contributed by atoms with E-state index in [0.717, 1.165) is 29.6 Å². The first-order valence-corrected chi connectivity index (χ1v) is 6.75. The van der Waals surface area contributed by atoms with Crippen LogP contribution in [0.25, 0.3) is 0 Å². The van der Waals surface area contributed by atoms with E-state index in [1.54, 1.807) is 7.11 Å². The smallest absolute Gasteiger partial charge is 0.146 e. The average molecular weight is 275 g/mol. The minimum absolute atomic E-state index is 0.425. The number of ether oxygens (including phenoxy) is 2. The quantitative estimate of drug-likeness (QED) is 0.841. The largest absolute Gasteiger partial charge is 0.497 e. The van der Waals surface area contributed by atoms with Crippen LogP contribution in [-0.2, 0) is 13.2 Å². The van der Waals surface area contributed by atoms with E-state index >= 15 is 0 Å². The van der Waals surface area contributed by atoms with Crippen molar-refractivity contribution >= 4 is 0 Å². The van der Waals surface area contributed by atoms with Crippen LogP contribution in [0, 0.1) is 0 Å². The monoisotopic (exact) mass is 275 g/mol. The molecular weight excluding hydrogens is 254 g/mol. The Bertz CT molecular complexity index is 517. The lowest BCUT2D eigenvalue weighted by Crippen LogP contribution is -2.21. The summed E-state index contributed by atoms with van der Waals surface area (Å²) in [5.41, 5.74) is 0. The summed E-state index contributed by atoms with van der Waals surface area (Å²) in [5.74, 6) is 3.36. The Morgan fingerprint density at radius 3 is 2.30 bits per heavy atom. The number of methoxy groups -OCH3 is 1. The molecule has 0 unspecified atom stereocenters. The standard InChI is InChI=1S/C16H21NO3/c1-12(2)17-10-15-8-9-16(20-15)11-19-14-6-4-13(18-3)5-7-14/h4-9,12,17H,10-11H2,1-3H3. The van der Waals surface area contributed by atoms with Crippen molar-refractivity contribution in [3.63, 3.8) is 0 Å². The maximum atomic E-state index is 5.69. The van der Waals surface area contributed by atoms with Crippen LogP contribution in [0.5, 0.6) is 11.5 Å². The van der Waals surface area contributed by atoms with Crippen molar-refractivity contribution in [1.29, 1.82) is 0 Å². The molecule has 0 aliphatic rings. The highest BCUT2D eigenvalue weighted by atomic mass is 16.5. The van der Waals surface area contributed by atoms with Gasteiger partial charge in [0.05, 0.1) is 13.7 Å². The minimum Gasteiger partial charge on any atom is -0.497 e. The molecule has 0 fully saturated rings. The predicted molar refractivity (Wildman–Crippen MR) is 78.0 cm³/mol. The topological polar surface area (TPSA) is 43.6 Å². The molecule has 0 bridgehead atoms. The first-order chi connectivity index (χ1) is 9.67. The van der Waals surface area contributed by atoms with E-state index in [9.17, 15) is 0 Å². The first-order valence-electron chi connectivity index (χ1n) is 6.75. The summed E-state index contributed by atoms with van der Waals surface area (Å²) >= 11 is 0. The van der Waals surface area contributed by atoms with E-state index in [1.165, 1.54) is 0 Å². The third kappa shape index (κ3) is 4.31. The molecule has 1 heterocycles. The van der Waals surface area contributed by atoms with Gasteiger partial charge in [-0.2, -0.15) is 0 Å². The van der Waals surface area contributed by atoms with Crippen LogP contribution in [0.1, 0.15) is 25.4 Å². The normalized spacial score (nSPS) is 10.8. The molecule has 2 aromatic rings. The molecule has 1 aromatic heterocycles. The van der Waals surface area contributed by atoms with E-state index in [0.29, 0.717) is 12.6 Å². The summed E-state index contributed by atoms with van der Waals surface area (Å²) in [7, 11) is 1.64. The van der Waals surface area contributed by atoms with Crippen LogP contribution < -0.4 is 14.8 Å². The first kappa shape index (κ1) is 14.5. The lowest BCUT2D eigenvalue weighted by molar-refractivity contribution is 0.264. The van der Waals surface area contributed by atoms with E-state index < -0.39 is 0 Å². The number of hydrogen-bond donors (Lipinski definition) is 1. The highest BCUT2D eigenvalue weighted by Gasteiger charge is 2.04. The second kappa shape index (κ2) is 7.01. The molecule has 0 radical (unpaired) electrons. The average Bonchev–Trinajstić information content (AvgIpc) is 2.91. The molecule has 1 N–H and O–H groups in total. The molecule has 2 rings (SSSR count). The van der Waals surface area contributed by atoms with Gasteiger partial charge in [-0.1, -0.05) is 13.8 Å². The SMILES string of the molecule is COc1ccc(OCc2ccc(CNC(C)C)o2)cc1. The van der Waals surface area contributed by atoms with Gasteiger partial charge in [-0.15, -0.1) is 0 Å². The van der Waals surface area contributed by atoms with Crippen molar-refractivity contribution in [2.24, 2.45) is 0 Å². The van der Waals surface area contributed by atoms with E-state index in [-0.39, 0.29) is 0 Å². The Labute approximate surface area is 119 Å². The van der Waals surface area contributed by atoms with Crippen LogP contribution >= 0.6 is 0 Å². The second-order valence-corrected chi connectivity index (χ2v) is 4.87. The Kier molecular flexibility index (Phi) is 5.07. The fourth-order valence-corrected chi connectivity index (χ4v) is 1.73. The van der Waals surface area contributed by atoms with Gasteiger partial charge >= 0.3 is 0 Å². The third-order valence-corrected chi connectivity index (χ3v) is 2.84. The van der Waals surface area contributed by atoms with Gasteiger partial charge in [0.2, 0.25) is 0 Å². The van der Waals surface area contributed by atoms with Crippen molar-refractivity contribution in [2.45, 2.75) is 33.0 Å². The van der Waals surface area contributed by atoms with E-state index in [4.69, 9.17) is 13.9 Å². The number of nitrogens with one attached hydrogen (secondary N) is 1. The fraction of sp³-hybridized carbons (Fsp3) is 0.375. The van der Waals surface area contributed by atoms with Gasteiger partial charge in [0.25, 0.3) is 0 Å². The van der Waals surface area contributed by atoms with Crippen LogP contribution in [0.2, 0.25) is 0 Å². The summed E-state index contributed by atoms with van der Waals surface area (Å²) in [4.78, 5) is 0. The minimum atomic E-state index is 0.425. The zero-order chi connectivity index (χ0) is 14.4. The lowest BCUT2D eigenvalue weighted by atomic mass is 10.3. The molecular formula is C16H21NO3. The predicted octanol–water partition coefficient (Wildman–Crippen LogP) is 3.37. The maximum absolute atomic E-state index is 5.69. The molecule has 0 spiro atoms. The highest BCUT2D eigenvalue weighted by molar-refractivity contribution is 5.31. The van der Waals surface area contributed by atoms with Crippen LogP contribution in [0.4, 0.5) is 0 Å². The number of furan rings is 1. The van der Waals surface area contributed by atoms with Gasteiger partial charge in [-0.25, -0.2) is 0 Å². The Morgan fingerprint density at radius 1 is 1.00 bits per heavy atom. The molecule has 0 saturated heterocycles. The van der Waals surface area contributed by atoms with Gasteiger partial charge in [-0.3, -0.25) is 0 Å². The number of benzene rings is 1. The molecule has 0 aliphatic carbocycles. The summed E-state index contributed by atoms with van der Waals surface area (Å²) in [6.07, 6.45) is 0. The van der Waals surface area contributed by atoms with E-state index in [2.05, 4.69) is 19.2 Å². The summed E-state index contributed by atoms with van der Waals surface area (Å²) in [5, 5.41) is 3.31. The Morgan fingerprint density at radius 2 is 1.65 bits per heavy atom. The molecule has 0 aliphatic heterocycles. The number of hydrogen-bond acceptors (Lipinski definition) is 4. The molecule has 0 saturated carbocycles. The van der Waals surface area contributed by atoms with Gasteiger partial charge in [0.15, 0.2) is 0 Å². The third-order valence-electron chi connectivity index (χ3n) is 2.84. The molecule has 0 amide bonds. The highest BCUT2D eigenvalue weighted by Crippen LogP contribution is 2.18. The zero-order valence-corrected chi connectivity index (χ0v) is 12.2. The van der Waals surface area contributed by atoms with Crippen molar-refractivity contribution in [1.82, 2.24) is 5.32 Å². The summed E-state index contributed by atoms with van der Waals surface area (Å²) in [6.45, 7) is 5.38. The Hall–Kier alpha value is -1.94. The molecule has 1 aromatic carbocycles. The Balaban J connectivity index is 1.84. The molecule has 4 nitrogen and oxygen atoms in total. The molecule has 20 heavy (non-hydrogen) atoms. The van der Waals surface area contributed by atoms with Crippen molar-refractivity contribution < 1.29 is 13.9 Å². The second-order valence-electron chi connectivity index (χ2n) is 4.87. The van der Waals surface area contributed by atoms with Crippen LogP contribution in [0.3, 0.4) is 0 Å². The fourth-order valence-electron chi connectivity index (χ4n) is 1.73. The summed E-state index contributed by atoms with van der Waals surface area (Å²) < 4.78 is 16.4. The zero-order valence-electron chi connectivity index (χ0n) is 12.2. The van der Waals surface area contributed by atoms with Gasteiger partial charge < -0.3 is 19.2 Å². The lowest BCUT2D eigenvalue weighted by Gasteiger charge is -2.06. The maximum Gasteiger partial charge on any atom is 0.146 e. The van der Waals surface area contributed by atoms with Gasteiger partial charge in [0, 0.05) is 6.04 Å². The molecule has 0 atom stereocenters. The number of rotatable bonds is 7. The van der Waals surface area contributed by atoms with E-state index in [1.807, 2.05) is 36.4 Å².